The molecule has 2 aromatic carbocycles. The van der Waals surface area contributed by atoms with Crippen LogP contribution in [0.3, 0.4) is 0 Å². The van der Waals surface area contributed by atoms with Crippen LogP contribution >= 0.6 is 11.3 Å². The van der Waals surface area contributed by atoms with Crippen LogP contribution < -0.4 is 9.46 Å². The summed E-state index contributed by atoms with van der Waals surface area (Å²) >= 11 is 1.55. The van der Waals surface area contributed by atoms with E-state index in [-0.39, 0.29) is 4.90 Å². The molecule has 0 aliphatic carbocycles. The van der Waals surface area contributed by atoms with Crippen molar-refractivity contribution in [2.45, 2.75) is 11.8 Å². The van der Waals surface area contributed by atoms with Gasteiger partial charge < -0.3 is 4.74 Å². The van der Waals surface area contributed by atoms with Crippen molar-refractivity contribution >= 4 is 32.0 Å². The van der Waals surface area contributed by atoms with Gasteiger partial charge in [-0.1, -0.05) is 12.1 Å². The monoisotopic (exact) mass is 399 g/mol. The molecule has 2 aromatic heterocycles. The van der Waals surface area contributed by atoms with E-state index >= 15 is 0 Å². The quantitative estimate of drug-likeness (QED) is 0.526. The minimum Gasteiger partial charge on any atom is -0.494 e. The van der Waals surface area contributed by atoms with Gasteiger partial charge in [-0.25, -0.2) is 13.4 Å². The zero-order valence-electron chi connectivity index (χ0n) is 14.5. The van der Waals surface area contributed by atoms with Gasteiger partial charge in [0, 0.05) is 29.0 Å². The van der Waals surface area contributed by atoms with Gasteiger partial charge in [-0.05, 0) is 43.3 Å². The first-order valence-corrected chi connectivity index (χ1v) is 10.7. The van der Waals surface area contributed by atoms with Crippen LogP contribution in [0, 0.1) is 0 Å². The smallest absolute Gasteiger partial charge is 0.261 e. The summed E-state index contributed by atoms with van der Waals surface area (Å²) in [6.45, 7) is 2.41. The van der Waals surface area contributed by atoms with E-state index in [4.69, 9.17) is 4.74 Å². The zero-order chi connectivity index (χ0) is 18.9. The Morgan fingerprint density at radius 1 is 1.19 bits per heavy atom. The molecule has 2 heterocycles. The highest BCUT2D eigenvalue weighted by Crippen LogP contribution is 2.26. The van der Waals surface area contributed by atoms with Crippen molar-refractivity contribution in [1.29, 1.82) is 0 Å². The number of rotatable bonds is 6. The van der Waals surface area contributed by atoms with Crippen LogP contribution in [-0.4, -0.2) is 24.4 Å². The van der Waals surface area contributed by atoms with Gasteiger partial charge in [0.1, 0.15) is 5.75 Å². The molecule has 8 heteroatoms. The summed E-state index contributed by atoms with van der Waals surface area (Å²) in [6.07, 6.45) is 3.86. The van der Waals surface area contributed by atoms with Gasteiger partial charge in [0.2, 0.25) is 0 Å². The molecule has 0 aliphatic heterocycles. The number of anilines is 1. The fourth-order valence-corrected chi connectivity index (χ4v) is 4.45. The van der Waals surface area contributed by atoms with Gasteiger partial charge >= 0.3 is 0 Å². The SMILES string of the molecule is CCOc1ccc(S(=O)(=O)Nc2cccc(-c3cn4ccsc4n3)c2)cc1. The average Bonchev–Trinajstić information content (AvgIpc) is 3.24. The number of aromatic nitrogens is 2. The maximum atomic E-state index is 12.6. The lowest BCUT2D eigenvalue weighted by molar-refractivity contribution is 0.340. The molecule has 0 aliphatic rings. The number of sulfonamides is 1. The highest BCUT2D eigenvalue weighted by Gasteiger charge is 2.15. The Morgan fingerprint density at radius 3 is 2.74 bits per heavy atom. The molecule has 0 spiro atoms. The summed E-state index contributed by atoms with van der Waals surface area (Å²) in [5.41, 5.74) is 2.12. The molecule has 1 N–H and O–H groups in total. The van der Waals surface area contributed by atoms with Crippen LogP contribution in [0.2, 0.25) is 0 Å². The molecule has 138 valence electrons. The number of hydrogen-bond donors (Lipinski definition) is 1. The average molecular weight is 399 g/mol. The molecule has 0 saturated heterocycles. The summed E-state index contributed by atoms with van der Waals surface area (Å²) in [6, 6.07) is 13.5. The van der Waals surface area contributed by atoms with E-state index in [2.05, 4.69) is 9.71 Å². The molecule has 0 unspecified atom stereocenters. The first-order chi connectivity index (χ1) is 13.0. The van der Waals surface area contributed by atoms with E-state index in [1.54, 1.807) is 41.7 Å². The predicted molar refractivity (Wildman–Crippen MR) is 107 cm³/mol. The predicted octanol–water partition coefficient (Wildman–Crippen LogP) is 4.26. The van der Waals surface area contributed by atoms with Gasteiger partial charge in [0.15, 0.2) is 4.96 Å². The van der Waals surface area contributed by atoms with Gasteiger partial charge in [0.05, 0.1) is 17.2 Å². The van der Waals surface area contributed by atoms with Gasteiger partial charge in [0.25, 0.3) is 10.0 Å². The van der Waals surface area contributed by atoms with E-state index in [0.29, 0.717) is 18.0 Å². The Hall–Kier alpha value is -2.84. The van der Waals surface area contributed by atoms with Crippen LogP contribution in [-0.2, 0) is 10.0 Å². The molecule has 0 radical (unpaired) electrons. The Kier molecular flexibility index (Phi) is 4.59. The lowest BCUT2D eigenvalue weighted by atomic mass is 10.1. The number of hydrogen-bond acceptors (Lipinski definition) is 5. The van der Waals surface area contributed by atoms with Crippen molar-refractivity contribution < 1.29 is 13.2 Å². The number of ether oxygens (including phenoxy) is 1. The molecule has 6 nitrogen and oxygen atoms in total. The van der Waals surface area contributed by atoms with Crippen LogP contribution in [0.25, 0.3) is 16.2 Å². The number of fused-ring (bicyclic) bond motifs is 1. The lowest BCUT2D eigenvalue weighted by Gasteiger charge is -2.10. The van der Waals surface area contributed by atoms with Gasteiger partial charge in [-0.2, -0.15) is 0 Å². The first kappa shape index (κ1) is 17.6. The van der Waals surface area contributed by atoms with E-state index in [9.17, 15) is 8.42 Å². The van der Waals surface area contributed by atoms with Gasteiger partial charge in [-0.15, -0.1) is 11.3 Å². The highest BCUT2D eigenvalue weighted by molar-refractivity contribution is 7.92. The topological polar surface area (TPSA) is 72.7 Å². The third kappa shape index (κ3) is 3.67. The van der Waals surface area contributed by atoms with E-state index < -0.39 is 10.0 Å². The van der Waals surface area contributed by atoms with Crippen molar-refractivity contribution in [2.75, 3.05) is 11.3 Å². The Morgan fingerprint density at radius 2 is 2.00 bits per heavy atom. The first-order valence-electron chi connectivity index (χ1n) is 8.33. The summed E-state index contributed by atoms with van der Waals surface area (Å²) in [4.78, 5) is 5.63. The molecule has 4 rings (SSSR count). The van der Waals surface area contributed by atoms with Crippen LogP contribution in [0.5, 0.6) is 5.75 Å². The Bertz CT molecular complexity index is 1150. The third-order valence-electron chi connectivity index (χ3n) is 3.95. The molecule has 0 saturated carbocycles. The second kappa shape index (κ2) is 7.05. The summed E-state index contributed by atoms with van der Waals surface area (Å²) in [5.74, 6) is 0.637. The largest absolute Gasteiger partial charge is 0.494 e. The van der Waals surface area contributed by atoms with Crippen molar-refractivity contribution in [1.82, 2.24) is 9.38 Å². The van der Waals surface area contributed by atoms with Crippen molar-refractivity contribution in [2.24, 2.45) is 0 Å². The number of nitrogens with one attached hydrogen (secondary N) is 1. The second-order valence-corrected chi connectivity index (χ2v) is 8.37. The Labute approximate surface area is 161 Å². The second-order valence-electron chi connectivity index (χ2n) is 5.81. The summed E-state index contributed by atoms with van der Waals surface area (Å²) < 4.78 is 35.2. The standard InChI is InChI=1S/C19H17N3O3S2/c1-2-25-16-6-8-17(9-7-16)27(23,24)21-15-5-3-4-14(12-15)18-13-22-10-11-26-19(22)20-18/h3-13,21H,2H2,1H3. The molecule has 27 heavy (non-hydrogen) atoms. The van der Waals surface area contributed by atoms with Crippen molar-refractivity contribution in [3.8, 4) is 17.0 Å². The molecule has 0 atom stereocenters. The number of nitrogens with zero attached hydrogens (tertiary/aromatic N) is 2. The maximum absolute atomic E-state index is 12.6. The van der Waals surface area contributed by atoms with Crippen molar-refractivity contribution in [3.05, 3.63) is 66.3 Å². The highest BCUT2D eigenvalue weighted by atomic mass is 32.2. The normalized spacial score (nSPS) is 11.6. The fourth-order valence-electron chi connectivity index (χ4n) is 2.70. The summed E-state index contributed by atoms with van der Waals surface area (Å²) in [7, 11) is -3.69. The van der Waals surface area contributed by atoms with Crippen LogP contribution in [0.1, 0.15) is 6.92 Å². The van der Waals surface area contributed by atoms with Crippen LogP contribution in [0.15, 0.2) is 71.2 Å². The molecule has 0 amide bonds. The molecule has 0 bridgehead atoms. The molecule has 4 aromatic rings. The zero-order valence-corrected chi connectivity index (χ0v) is 16.1. The lowest BCUT2D eigenvalue weighted by Crippen LogP contribution is -2.12. The molecule has 0 fully saturated rings. The minimum atomic E-state index is -3.69. The molecular weight excluding hydrogens is 382 g/mol. The van der Waals surface area contributed by atoms with E-state index in [1.165, 1.54) is 12.1 Å². The van der Waals surface area contributed by atoms with E-state index in [0.717, 1.165) is 16.2 Å². The third-order valence-corrected chi connectivity index (χ3v) is 6.12. The fraction of sp³-hybridized carbons (Fsp3) is 0.105. The van der Waals surface area contributed by atoms with Crippen molar-refractivity contribution in [3.63, 3.8) is 0 Å². The molecular formula is C19H17N3O3S2. The number of benzene rings is 2. The maximum Gasteiger partial charge on any atom is 0.261 e. The van der Waals surface area contributed by atoms with E-state index in [1.807, 2.05) is 35.2 Å². The Balaban J connectivity index is 1.59. The van der Waals surface area contributed by atoms with Gasteiger partial charge in [-0.3, -0.25) is 9.12 Å². The number of imidazole rings is 1. The van der Waals surface area contributed by atoms with Crippen LogP contribution in [0.4, 0.5) is 5.69 Å². The summed E-state index contributed by atoms with van der Waals surface area (Å²) in [5, 5.41) is 1.97. The number of thiazole rings is 1. The minimum absolute atomic E-state index is 0.180.